The number of amides is 3. The van der Waals surface area contributed by atoms with Crippen molar-refractivity contribution < 1.29 is 14.4 Å². The zero-order valence-corrected chi connectivity index (χ0v) is 11.0. The number of carbonyl (C=O) groups excluding carboxylic acids is 3. The molecule has 6 nitrogen and oxygen atoms in total. The summed E-state index contributed by atoms with van der Waals surface area (Å²) in [7, 11) is 0. The van der Waals surface area contributed by atoms with Gasteiger partial charge in [0.1, 0.15) is 0 Å². The van der Waals surface area contributed by atoms with Crippen molar-refractivity contribution >= 4 is 23.4 Å². The number of primary amides is 2. The largest absolute Gasteiger partial charge is 0.366 e. The van der Waals surface area contributed by atoms with Gasteiger partial charge in [-0.15, -0.1) is 0 Å². The second-order valence-electron chi connectivity index (χ2n) is 4.31. The standard InChI is InChI=1S/C15H13N3O3/c16-13(19)9-5-7-10(8-6-9)15(21)18-12-4-2-1-3-11(12)14(17)20/h1-8H,(H2,16,19)(H2,17,20)(H,18,21). The molecule has 0 unspecified atom stereocenters. The minimum atomic E-state index is -0.630. The van der Waals surface area contributed by atoms with E-state index in [9.17, 15) is 14.4 Å². The van der Waals surface area contributed by atoms with E-state index in [1.807, 2.05) is 0 Å². The number of carbonyl (C=O) groups is 3. The maximum Gasteiger partial charge on any atom is 0.255 e. The summed E-state index contributed by atoms with van der Waals surface area (Å²) in [6.07, 6.45) is 0. The van der Waals surface area contributed by atoms with Crippen LogP contribution in [0.3, 0.4) is 0 Å². The third-order valence-electron chi connectivity index (χ3n) is 2.87. The molecule has 0 aromatic heterocycles. The Balaban J connectivity index is 2.22. The van der Waals surface area contributed by atoms with Gasteiger partial charge in [-0.25, -0.2) is 0 Å². The number of hydrogen-bond donors (Lipinski definition) is 3. The zero-order valence-electron chi connectivity index (χ0n) is 11.0. The molecule has 0 spiro atoms. The van der Waals surface area contributed by atoms with Crippen molar-refractivity contribution in [2.45, 2.75) is 0 Å². The van der Waals surface area contributed by atoms with E-state index >= 15 is 0 Å². The Bertz CT molecular complexity index is 708. The molecule has 0 atom stereocenters. The maximum absolute atomic E-state index is 12.1. The Morgan fingerprint density at radius 3 is 1.90 bits per heavy atom. The molecule has 106 valence electrons. The van der Waals surface area contributed by atoms with Gasteiger partial charge in [-0.3, -0.25) is 14.4 Å². The van der Waals surface area contributed by atoms with Crippen molar-refractivity contribution in [1.82, 2.24) is 0 Å². The lowest BCUT2D eigenvalue weighted by molar-refractivity contribution is 0.0990. The molecule has 0 radical (unpaired) electrons. The fourth-order valence-corrected chi connectivity index (χ4v) is 1.79. The molecular weight excluding hydrogens is 270 g/mol. The SMILES string of the molecule is NC(=O)c1ccc(C(=O)Nc2ccccc2C(N)=O)cc1. The predicted octanol–water partition coefficient (Wildman–Crippen LogP) is 1.14. The zero-order chi connectivity index (χ0) is 15.4. The van der Waals surface area contributed by atoms with Crippen molar-refractivity contribution in [2.24, 2.45) is 11.5 Å². The predicted molar refractivity (Wildman–Crippen MR) is 77.9 cm³/mol. The lowest BCUT2D eigenvalue weighted by Crippen LogP contribution is -2.18. The van der Waals surface area contributed by atoms with Crippen LogP contribution in [-0.4, -0.2) is 17.7 Å². The summed E-state index contributed by atoms with van der Waals surface area (Å²) in [5.41, 5.74) is 11.6. The van der Waals surface area contributed by atoms with Crippen LogP contribution >= 0.6 is 0 Å². The van der Waals surface area contributed by atoms with Gasteiger partial charge >= 0.3 is 0 Å². The third kappa shape index (κ3) is 3.24. The molecule has 6 heteroatoms. The van der Waals surface area contributed by atoms with Crippen LogP contribution in [0.2, 0.25) is 0 Å². The Kier molecular flexibility index (Phi) is 3.99. The fraction of sp³-hybridized carbons (Fsp3) is 0. The molecule has 2 aromatic carbocycles. The van der Waals surface area contributed by atoms with Crippen LogP contribution in [0.4, 0.5) is 5.69 Å². The normalized spacial score (nSPS) is 9.90. The molecule has 5 N–H and O–H groups in total. The molecule has 0 aliphatic rings. The van der Waals surface area contributed by atoms with Gasteiger partial charge in [0.25, 0.3) is 11.8 Å². The number of nitrogens with two attached hydrogens (primary N) is 2. The van der Waals surface area contributed by atoms with Crippen LogP contribution in [0.25, 0.3) is 0 Å². The Labute approximate surface area is 120 Å². The van der Waals surface area contributed by atoms with Gasteiger partial charge in [0.05, 0.1) is 11.3 Å². The number of anilines is 1. The van der Waals surface area contributed by atoms with Crippen molar-refractivity contribution in [1.29, 1.82) is 0 Å². The van der Waals surface area contributed by atoms with Gasteiger partial charge in [0, 0.05) is 11.1 Å². The molecule has 0 aliphatic carbocycles. The number of para-hydroxylation sites is 1. The molecule has 0 aliphatic heterocycles. The van der Waals surface area contributed by atoms with Crippen molar-refractivity contribution in [3.05, 3.63) is 65.2 Å². The average Bonchev–Trinajstić information content (AvgIpc) is 2.47. The second-order valence-corrected chi connectivity index (χ2v) is 4.31. The topological polar surface area (TPSA) is 115 Å². The highest BCUT2D eigenvalue weighted by Gasteiger charge is 2.12. The average molecular weight is 283 g/mol. The summed E-state index contributed by atoms with van der Waals surface area (Å²) in [5, 5.41) is 2.60. The van der Waals surface area contributed by atoms with Gasteiger partial charge in [0.15, 0.2) is 0 Å². The molecule has 0 saturated carbocycles. The smallest absolute Gasteiger partial charge is 0.255 e. The van der Waals surface area contributed by atoms with Crippen LogP contribution in [0.5, 0.6) is 0 Å². The van der Waals surface area contributed by atoms with Gasteiger partial charge in [-0.1, -0.05) is 12.1 Å². The molecule has 2 rings (SSSR count). The minimum absolute atomic E-state index is 0.222. The molecule has 0 bridgehead atoms. The number of benzene rings is 2. The molecule has 3 amide bonds. The fourth-order valence-electron chi connectivity index (χ4n) is 1.79. The summed E-state index contributed by atoms with van der Waals surface area (Å²) in [6.45, 7) is 0. The lowest BCUT2D eigenvalue weighted by Gasteiger charge is -2.09. The molecule has 0 heterocycles. The van der Waals surface area contributed by atoms with E-state index < -0.39 is 17.7 Å². The summed E-state index contributed by atoms with van der Waals surface area (Å²) < 4.78 is 0. The van der Waals surface area contributed by atoms with Crippen LogP contribution in [0, 0.1) is 0 Å². The number of rotatable bonds is 4. The van der Waals surface area contributed by atoms with Crippen molar-refractivity contribution in [3.8, 4) is 0 Å². The first-order valence-electron chi connectivity index (χ1n) is 6.09. The summed E-state index contributed by atoms with van der Waals surface area (Å²) in [5.74, 6) is -1.62. The monoisotopic (exact) mass is 283 g/mol. The third-order valence-corrected chi connectivity index (χ3v) is 2.87. The molecular formula is C15H13N3O3. The summed E-state index contributed by atoms with van der Waals surface area (Å²) >= 11 is 0. The van der Waals surface area contributed by atoms with E-state index in [-0.39, 0.29) is 5.56 Å². The first-order chi connectivity index (χ1) is 9.99. The van der Waals surface area contributed by atoms with Gasteiger partial charge < -0.3 is 16.8 Å². The quantitative estimate of drug-likeness (QED) is 0.781. The van der Waals surface area contributed by atoms with E-state index in [1.165, 1.54) is 30.3 Å². The van der Waals surface area contributed by atoms with E-state index in [4.69, 9.17) is 11.5 Å². The van der Waals surface area contributed by atoms with Crippen molar-refractivity contribution in [3.63, 3.8) is 0 Å². The summed E-state index contributed by atoms with van der Waals surface area (Å²) in [6, 6.07) is 12.3. The minimum Gasteiger partial charge on any atom is -0.366 e. The first kappa shape index (κ1) is 14.3. The number of nitrogens with one attached hydrogen (secondary N) is 1. The van der Waals surface area contributed by atoms with Crippen LogP contribution in [0.1, 0.15) is 31.1 Å². The first-order valence-corrected chi connectivity index (χ1v) is 6.09. The van der Waals surface area contributed by atoms with E-state index in [2.05, 4.69) is 5.32 Å². The van der Waals surface area contributed by atoms with Crippen LogP contribution in [-0.2, 0) is 0 Å². The molecule has 0 saturated heterocycles. The molecule has 0 fully saturated rings. The Morgan fingerprint density at radius 2 is 1.33 bits per heavy atom. The van der Waals surface area contributed by atoms with Crippen LogP contribution < -0.4 is 16.8 Å². The number of hydrogen-bond acceptors (Lipinski definition) is 3. The second kappa shape index (κ2) is 5.87. The Hall–Kier alpha value is -3.15. The maximum atomic E-state index is 12.1. The van der Waals surface area contributed by atoms with Gasteiger partial charge in [0.2, 0.25) is 5.91 Å². The highest BCUT2D eigenvalue weighted by molar-refractivity contribution is 6.09. The highest BCUT2D eigenvalue weighted by atomic mass is 16.2. The van der Waals surface area contributed by atoms with Crippen molar-refractivity contribution in [2.75, 3.05) is 5.32 Å². The van der Waals surface area contributed by atoms with E-state index in [0.29, 0.717) is 16.8 Å². The lowest BCUT2D eigenvalue weighted by atomic mass is 10.1. The molecule has 2 aromatic rings. The van der Waals surface area contributed by atoms with Gasteiger partial charge in [-0.2, -0.15) is 0 Å². The van der Waals surface area contributed by atoms with Crippen LogP contribution in [0.15, 0.2) is 48.5 Å². The summed E-state index contributed by atoms with van der Waals surface area (Å²) in [4.78, 5) is 34.3. The molecule has 21 heavy (non-hydrogen) atoms. The Morgan fingerprint density at radius 1 is 0.762 bits per heavy atom. The van der Waals surface area contributed by atoms with E-state index in [1.54, 1.807) is 18.2 Å². The van der Waals surface area contributed by atoms with Gasteiger partial charge in [-0.05, 0) is 36.4 Å². The highest BCUT2D eigenvalue weighted by Crippen LogP contribution is 2.15. The van der Waals surface area contributed by atoms with E-state index in [0.717, 1.165) is 0 Å².